The third-order valence-electron chi connectivity index (χ3n) is 2.81. The average Bonchev–Trinajstić information content (AvgIpc) is 1.83. The molecule has 0 saturated heterocycles. The zero-order valence-corrected chi connectivity index (χ0v) is 8.16. The van der Waals surface area contributed by atoms with Crippen LogP contribution in [0.25, 0.3) is 0 Å². The SMILES string of the molecule is CC(C)(C)[C@@H]1CCCCC1(F)F. The van der Waals surface area contributed by atoms with Gasteiger partial charge >= 0.3 is 0 Å². The molecule has 0 radical (unpaired) electrons. The first kappa shape index (κ1) is 9.94. The lowest BCUT2D eigenvalue weighted by Crippen LogP contribution is -2.40. The molecule has 0 spiro atoms. The summed E-state index contributed by atoms with van der Waals surface area (Å²) in [6.45, 7) is 5.74. The fourth-order valence-electron chi connectivity index (χ4n) is 2.16. The Balaban J connectivity index is 2.73. The Kier molecular flexibility index (Phi) is 2.46. The van der Waals surface area contributed by atoms with Crippen molar-refractivity contribution in [1.29, 1.82) is 0 Å². The van der Waals surface area contributed by atoms with Crippen molar-refractivity contribution in [2.45, 2.75) is 52.4 Å². The second kappa shape index (κ2) is 2.97. The van der Waals surface area contributed by atoms with E-state index in [0.717, 1.165) is 6.42 Å². The normalized spacial score (nSPS) is 30.2. The van der Waals surface area contributed by atoms with Gasteiger partial charge < -0.3 is 0 Å². The Morgan fingerprint density at radius 3 is 2.08 bits per heavy atom. The molecular formula is C10H18F2. The summed E-state index contributed by atoms with van der Waals surface area (Å²) in [5, 5.41) is 0. The summed E-state index contributed by atoms with van der Waals surface area (Å²) >= 11 is 0. The molecule has 12 heavy (non-hydrogen) atoms. The zero-order valence-electron chi connectivity index (χ0n) is 8.16. The van der Waals surface area contributed by atoms with Crippen LogP contribution in [0.4, 0.5) is 8.78 Å². The molecule has 1 rings (SSSR count). The van der Waals surface area contributed by atoms with Gasteiger partial charge in [-0.25, -0.2) is 8.78 Å². The van der Waals surface area contributed by atoms with Crippen LogP contribution in [-0.4, -0.2) is 5.92 Å². The quantitative estimate of drug-likeness (QED) is 0.525. The maximum atomic E-state index is 13.4. The molecule has 0 heterocycles. The van der Waals surface area contributed by atoms with Gasteiger partial charge in [0.2, 0.25) is 0 Å². The molecule has 0 aromatic heterocycles. The van der Waals surface area contributed by atoms with E-state index >= 15 is 0 Å². The molecule has 1 aliphatic carbocycles. The lowest BCUT2D eigenvalue weighted by Gasteiger charge is -2.40. The fraction of sp³-hybridized carbons (Fsp3) is 1.00. The van der Waals surface area contributed by atoms with Crippen LogP contribution in [0.15, 0.2) is 0 Å². The van der Waals surface area contributed by atoms with Crippen LogP contribution in [-0.2, 0) is 0 Å². The van der Waals surface area contributed by atoms with Gasteiger partial charge in [0.05, 0.1) is 0 Å². The summed E-state index contributed by atoms with van der Waals surface area (Å²) in [6, 6.07) is 0. The Hall–Kier alpha value is -0.140. The van der Waals surface area contributed by atoms with Crippen LogP contribution in [0.3, 0.4) is 0 Å². The van der Waals surface area contributed by atoms with Gasteiger partial charge in [-0.3, -0.25) is 0 Å². The lowest BCUT2D eigenvalue weighted by atomic mass is 9.70. The maximum Gasteiger partial charge on any atom is 0.251 e. The zero-order chi connectivity index (χ0) is 9.41. The Labute approximate surface area is 73.3 Å². The van der Waals surface area contributed by atoms with Crippen LogP contribution in [0.1, 0.15) is 46.5 Å². The molecule has 1 fully saturated rings. The topological polar surface area (TPSA) is 0 Å². The lowest BCUT2D eigenvalue weighted by molar-refractivity contribution is -0.123. The molecule has 2 heteroatoms. The van der Waals surface area contributed by atoms with E-state index in [1.54, 1.807) is 0 Å². The minimum atomic E-state index is -2.42. The Morgan fingerprint density at radius 2 is 1.75 bits per heavy atom. The van der Waals surface area contributed by atoms with Crippen LogP contribution in [0, 0.1) is 11.3 Å². The molecule has 0 bridgehead atoms. The van der Waals surface area contributed by atoms with E-state index in [0.29, 0.717) is 12.8 Å². The highest BCUT2D eigenvalue weighted by Gasteiger charge is 2.46. The second-order valence-electron chi connectivity index (χ2n) is 4.93. The van der Waals surface area contributed by atoms with E-state index in [9.17, 15) is 8.78 Å². The fourth-order valence-corrected chi connectivity index (χ4v) is 2.16. The molecule has 0 unspecified atom stereocenters. The number of halogens is 2. The third kappa shape index (κ3) is 1.96. The molecule has 1 saturated carbocycles. The molecule has 0 aromatic carbocycles. The van der Waals surface area contributed by atoms with Gasteiger partial charge in [-0.15, -0.1) is 0 Å². The standard InChI is InChI=1S/C10H18F2/c1-9(2,3)8-6-4-5-7-10(8,11)12/h8H,4-7H2,1-3H3/t8-/m0/s1. The number of hydrogen-bond donors (Lipinski definition) is 0. The highest BCUT2D eigenvalue weighted by Crippen LogP contribution is 2.47. The Morgan fingerprint density at radius 1 is 1.17 bits per heavy atom. The summed E-state index contributed by atoms with van der Waals surface area (Å²) in [6.07, 6.45) is 2.45. The summed E-state index contributed by atoms with van der Waals surface area (Å²) in [4.78, 5) is 0. The molecular weight excluding hydrogens is 158 g/mol. The van der Waals surface area contributed by atoms with Crippen molar-refractivity contribution in [3.8, 4) is 0 Å². The van der Waals surface area contributed by atoms with E-state index < -0.39 is 11.8 Å². The number of hydrogen-bond acceptors (Lipinski definition) is 0. The van der Waals surface area contributed by atoms with Gasteiger partial charge in [-0.1, -0.05) is 27.2 Å². The predicted molar refractivity (Wildman–Crippen MR) is 46.4 cm³/mol. The van der Waals surface area contributed by atoms with Crippen molar-refractivity contribution in [3.63, 3.8) is 0 Å². The van der Waals surface area contributed by atoms with E-state index in [4.69, 9.17) is 0 Å². The minimum Gasteiger partial charge on any atom is -0.207 e. The first-order chi connectivity index (χ1) is 5.34. The van der Waals surface area contributed by atoms with Crippen molar-refractivity contribution < 1.29 is 8.78 Å². The van der Waals surface area contributed by atoms with Crippen LogP contribution in [0.5, 0.6) is 0 Å². The van der Waals surface area contributed by atoms with Crippen molar-refractivity contribution in [3.05, 3.63) is 0 Å². The summed E-state index contributed by atoms with van der Waals surface area (Å²) in [5.74, 6) is -2.84. The number of rotatable bonds is 0. The molecule has 1 aliphatic rings. The molecule has 72 valence electrons. The van der Waals surface area contributed by atoms with Gasteiger partial charge in [0.1, 0.15) is 0 Å². The molecule has 0 amide bonds. The van der Waals surface area contributed by atoms with E-state index in [-0.39, 0.29) is 11.8 Å². The van der Waals surface area contributed by atoms with E-state index in [1.165, 1.54) is 0 Å². The molecule has 1 atom stereocenters. The molecule has 0 N–H and O–H groups in total. The molecule has 0 aliphatic heterocycles. The first-order valence-electron chi connectivity index (χ1n) is 4.72. The van der Waals surface area contributed by atoms with Crippen LogP contribution >= 0.6 is 0 Å². The summed E-state index contributed by atoms with van der Waals surface area (Å²) in [5.41, 5.74) is -0.246. The average molecular weight is 176 g/mol. The van der Waals surface area contributed by atoms with Gasteiger partial charge in [0.15, 0.2) is 0 Å². The summed E-state index contributed by atoms with van der Waals surface area (Å²) < 4.78 is 26.7. The largest absolute Gasteiger partial charge is 0.251 e. The second-order valence-corrected chi connectivity index (χ2v) is 4.93. The Bertz CT molecular complexity index is 156. The predicted octanol–water partition coefficient (Wildman–Crippen LogP) is 3.86. The maximum absolute atomic E-state index is 13.4. The molecule has 0 nitrogen and oxygen atoms in total. The van der Waals surface area contributed by atoms with Crippen molar-refractivity contribution in [2.75, 3.05) is 0 Å². The van der Waals surface area contributed by atoms with Gasteiger partial charge in [-0.2, -0.15) is 0 Å². The van der Waals surface area contributed by atoms with Gasteiger partial charge in [0.25, 0.3) is 5.92 Å². The van der Waals surface area contributed by atoms with Crippen molar-refractivity contribution in [1.82, 2.24) is 0 Å². The minimum absolute atomic E-state index is 0.0922. The smallest absolute Gasteiger partial charge is 0.207 e. The summed E-state index contributed by atoms with van der Waals surface area (Å²) in [7, 11) is 0. The highest BCUT2D eigenvalue weighted by atomic mass is 19.3. The van der Waals surface area contributed by atoms with E-state index in [2.05, 4.69) is 0 Å². The van der Waals surface area contributed by atoms with Crippen molar-refractivity contribution in [2.24, 2.45) is 11.3 Å². The monoisotopic (exact) mass is 176 g/mol. The van der Waals surface area contributed by atoms with Crippen LogP contribution in [0.2, 0.25) is 0 Å². The molecule has 0 aromatic rings. The highest BCUT2D eigenvalue weighted by molar-refractivity contribution is 4.88. The van der Waals surface area contributed by atoms with E-state index in [1.807, 2.05) is 20.8 Å². The van der Waals surface area contributed by atoms with Gasteiger partial charge in [-0.05, 0) is 18.3 Å². The number of alkyl halides is 2. The van der Waals surface area contributed by atoms with Gasteiger partial charge in [0, 0.05) is 12.3 Å². The first-order valence-corrected chi connectivity index (χ1v) is 4.72. The van der Waals surface area contributed by atoms with Crippen LogP contribution < -0.4 is 0 Å². The van der Waals surface area contributed by atoms with Crippen molar-refractivity contribution >= 4 is 0 Å². The third-order valence-corrected chi connectivity index (χ3v) is 2.81.